The van der Waals surface area contributed by atoms with Gasteiger partial charge in [-0.15, -0.1) is 0 Å². The highest BCUT2D eigenvalue weighted by Gasteiger charge is 2.43. The van der Waals surface area contributed by atoms with Crippen molar-refractivity contribution >= 4 is 5.78 Å². The van der Waals surface area contributed by atoms with Crippen molar-refractivity contribution in [3.8, 4) is 0 Å². The van der Waals surface area contributed by atoms with Gasteiger partial charge in [0.1, 0.15) is 5.78 Å². The van der Waals surface area contributed by atoms with E-state index in [9.17, 15) is 4.79 Å². The smallest absolute Gasteiger partial charge is 0.139 e. The lowest BCUT2D eigenvalue weighted by Crippen LogP contribution is -2.18. The molecule has 64 valence electrons. The zero-order valence-electron chi connectivity index (χ0n) is 7.76. The van der Waals surface area contributed by atoms with E-state index in [2.05, 4.69) is 6.92 Å². The third kappa shape index (κ3) is 1.33. The highest BCUT2D eigenvalue weighted by Crippen LogP contribution is 2.45. The molecule has 3 atom stereocenters. The van der Waals surface area contributed by atoms with Crippen LogP contribution in [0.5, 0.6) is 0 Å². The van der Waals surface area contributed by atoms with Gasteiger partial charge in [-0.1, -0.05) is 20.8 Å². The fourth-order valence-electron chi connectivity index (χ4n) is 2.33. The molecule has 2 fully saturated rings. The number of Topliss-reactive ketones (excluding diaryl/α,β-unsaturated/α-hetero) is 1. The largest absolute Gasteiger partial charge is 0.299 e. The second-order valence-electron chi connectivity index (χ2n) is 3.46. The average molecular weight is 154 g/mol. The lowest BCUT2D eigenvalue weighted by molar-refractivity contribution is -0.125. The second kappa shape index (κ2) is 3.38. The van der Waals surface area contributed by atoms with Crippen LogP contribution in [0.2, 0.25) is 0 Å². The van der Waals surface area contributed by atoms with E-state index in [1.807, 2.05) is 13.8 Å². The minimum atomic E-state index is 0.406. The first kappa shape index (κ1) is 8.76. The average Bonchev–Trinajstić information content (AvgIpc) is 2.60. The third-order valence-electron chi connectivity index (χ3n) is 3.03. The van der Waals surface area contributed by atoms with E-state index in [0.29, 0.717) is 17.6 Å². The van der Waals surface area contributed by atoms with Gasteiger partial charge in [0.05, 0.1) is 0 Å². The fraction of sp³-hybridized carbons (Fsp3) is 0.900. The second-order valence-corrected chi connectivity index (χ2v) is 3.46. The van der Waals surface area contributed by atoms with Crippen LogP contribution in [0, 0.1) is 17.8 Å². The van der Waals surface area contributed by atoms with Gasteiger partial charge in [0.15, 0.2) is 0 Å². The summed E-state index contributed by atoms with van der Waals surface area (Å²) in [6.07, 6.45) is 3.71. The van der Waals surface area contributed by atoms with Crippen LogP contribution in [0.25, 0.3) is 0 Å². The standard InChI is InChI=1S/C8H12O.C2H6/c1-5-6-2-3-7(4-6)8(5)9;1-2/h5-7H,2-4H2,1H3;1-2H3. The normalized spacial score (nSPS) is 40.3. The summed E-state index contributed by atoms with van der Waals surface area (Å²) in [5.41, 5.74) is 0. The zero-order chi connectivity index (χ0) is 8.43. The highest BCUT2D eigenvalue weighted by atomic mass is 16.1. The first-order valence-electron chi connectivity index (χ1n) is 4.83. The molecule has 2 aliphatic carbocycles. The summed E-state index contributed by atoms with van der Waals surface area (Å²) in [5.74, 6) is 2.20. The SMILES string of the molecule is CC.CC1C(=O)C2CCC1C2. The summed E-state index contributed by atoms with van der Waals surface area (Å²) in [6, 6.07) is 0. The predicted octanol–water partition coefficient (Wildman–Crippen LogP) is 2.65. The van der Waals surface area contributed by atoms with E-state index in [1.54, 1.807) is 0 Å². The Morgan fingerprint density at radius 1 is 1.27 bits per heavy atom. The molecule has 0 spiro atoms. The molecule has 0 aromatic rings. The summed E-state index contributed by atoms with van der Waals surface area (Å²) >= 11 is 0. The van der Waals surface area contributed by atoms with Gasteiger partial charge in [0, 0.05) is 11.8 Å². The molecular weight excluding hydrogens is 136 g/mol. The Labute approximate surface area is 69.2 Å². The number of ketones is 1. The molecule has 3 unspecified atom stereocenters. The third-order valence-corrected chi connectivity index (χ3v) is 3.03. The molecule has 1 nitrogen and oxygen atoms in total. The van der Waals surface area contributed by atoms with E-state index >= 15 is 0 Å². The van der Waals surface area contributed by atoms with Crippen molar-refractivity contribution in [2.24, 2.45) is 17.8 Å². The van der Waals surface area contributed by atoms with Gasteiger partial charge in [0.2, 0.25) is 0 Å². The summed E-state index contributed by atoms with van der Waals surface area (Å²) < 4.78 is 0. The molecule has 11 heavy (non-hydrogen) atoms. The maximum atomic E-state index is 11.2. The van der Waals surface area contributed by atoms with E-state index in [4.69, 9.17) is 0 Å². The van der Waals surface area contributed by atoms with E-state index in [-0.39, 0.29) is 0 Å². The number of hydrogen-bond acceptors (Lipinski definition) is 1. The molecule has 0 aromatic heterocycles. The van der Waals surface area contributed by atoms with Gasteiger partial charge >= 0.3 is 0 Å². The van der Waals surface area contributed by atoms with Crippen LogP contribution in [-0.4, -0.2) is 5.78 Å². The van der Waals surface area contributed by atoms with Crippen molar-refractivity contribution in [3.63, 3.8) is 0 Å². The van der Waals surface area contributed by atoms with E-state index < -0.39 is 0 Å². The van der Waals surface area contributed by atoms with Crippen LogP contribution in [0.15, 0.2) is 0 Å². The quantitative estimate of drug-likeness (QED) is 0.524. The number of rotatable bonds is 0. The fourth-order valence-corrected chi connectivity index (χ4v) is 2.33. The molecule has 2 rings (SSSR count). The van der Waals surface area contributed by atoms with Gasteiger partial charge < -0.3 is 0 Å². The summed E-state index contributed by atoms with van der Waals surface area (Å²) in [7, 11) is 0. The Kier molecular flexibility index (Phi) is 2.69. The summed E-state index contributed by atoms with van der Waals surface area (Å²) in [5, 5.41) is 0. The number of hydrogen-bond donors (Lipinski definition) is 0. The lowest BCUT2D eigenvalue weighted by atomic mass is 9.89. The minimum absolute atomic E-state index is 0.406. The van der Waals surface area contributed by atoms with Crippen LogP contribution >= 0.6 is 0 Å². The monoisotopic (exact) mass is 154 g/mol. The van der Waals surface area contributed by atoms with Gasteiger partial charge in [0.25, 0.3) is 0 Å². The number of fused-ring (bicyclic) bond motifs is 2. The molecule has 0 amide bonds. The first-order chi connectivity index (χ1) is 5.29. The molecule has 0 radical (unpaired) electrons. The van der Waals surface area contributed by atoms with Crippen LogP contribution < -0.4 is 0 Å². The molecule has 0 heterocycles. The highest BCUT2D eigenvalue weighted by molar-refractivity contribution is 5.86. The van der Waals surface area contributed by atoms with Crippen LogP contribution in [0.3, 0.4) is 0 Å². The maximum Gasteiger partial charge on any atom is 0.139 e. The Bertz CT molecular complexity index is 147. The molecule has 2 bridgehead atoms. The summed E-state index contributed by atoms with van der Waals surface area (Å²) in [6.45, 7) is 6.09. The maximum absolute atomic E-state index is 11.2. The Balaban J connectivity index is 0.000000281. The molecule has 1 heteroatoms. The molecule has 2 saturated carbocycles. The van der Waals surface area contributed by atoms with Gasteiger partial charge in [-0.25, -0.2) is 0 Å². The van der Waals surface area contributed by atoms with Crippen molar-refractivity contribution < 1.29 is 4.79 Å². The lowest BCUT2D eigenvalue weighted by Gasteiger charge is -2.14. The van der Waals surface area contributed by atoms with Crippen LogP contribution in [0.4, 0.5) is 0 Å². The molecule has 0 N–H and O–H groups in total. The summed E-state index contributed by atoms with van der Waals surface area (Å²) in [4.78, 5) is 11.2. The Morgan fingerprint density at radius 3 is 2.18 bits per heavy atom. The molecule has 0 aromatic carbocycles. The van der Waals surface area contributed by atoms with Gasteiger partial charge in [-0.2, -0.15) is 0 Å². The Morgan fingerprint density at radius 2 is 1.91 bits per heavy atom. The topological polar surface area (TPSA) is 17.1 Å². The predicted molar refractivity (Wildman–Crippen MR) is 46.4 cm³/mol. The Hall–Kier alpha value is -0.330. The van der Waals surface area contributed by atoms with E-state index in [0.717, 1.165) is 5.92 Å². The minimum Gasteiger partial charge on any atom is -0.299 e. The molecule has 0 saturated heterocycles. The van der Waals surface area contributed by atoms with Crippen molar-refractivity contribution in [3.05, 3.63) is 0 Å². The molecule has 0 aliphatic heterocycles. The van der Waals surface area contributed by atoms with Crippen molar-refractivity contribution in [2.45, 2.75) is 40.0 Å². The van der Waals surface area contributed by atoms with Gasteiger partial charge in [-0.3, -0.25) is 4.79 Å². The molecular formula is C10H18O. The van der Waals surface area contributed by atoms with Crippen LogP contribution in [0.1, 0.15) is 40.0 Å². The van der Waals surface area contributed by atoms with Crippen LogP contribution in [-0.2, 0) is 4.79 Å². The van der Waals surface area contributed by atoms with Crippen molar-refractivity contribution in [1.29, 1.82) is 0 Å². The number of carbonyl (C=O) groups is 1. The van der Waals surface area contributed by atoms with Crippen molar-refractivity contribution in [1.82, 2.24) is 0 Å². The number of carbonyl (C=O) groups excluding carboxylic acids is 1. The first-order valence-corrected chi connectivity index (χ1v) is 4.83. The van der Waals surface area contributed by atoms with Gasteiger partial charge in [-0.05, 0) is 25.2 Å². The zero-order valence-corrected chi connectivity index (χ0v) is 7.76. The molecule has 2 aliphatic rings. The van der Waals surface area contributed by atoms with Crippen molar-refractivity contribution in [2.75, 3.05) is 0 Å². The van der Waals surface area contributed by atoms with E-state index in [1.165, 1.54) is 19.3 Å².